The van der Waals surface area contributed by atoms with Gasteiger partial charge >= 0.3 is 5.97 Å². The summed E-state index contributed by atoms with van der Waals surface area (Å²) in [6.07, 6.45) is 1.67. The van der Waals surface area contributed by atoms with Gasteiger partial charge in [0.15, 0.2) is 0 Å². The van der Waals surface area contributed by atoms with Crippen molar-refractivity contribution >= 4 is 28.5 Å². The van der Waals surface area contributed by atoms with Crippen LogP contribution in [0.15, 0.2) is 54.7 Å². The van der Waals surface area contributed by atoms with Crippen molar-refractivity contribution in [3.8, 4) is 16.9 Å². The van der Waals surface area contributed by atoms with Gasteiger partial charge in [-0.1, -0.05) is 48.0 Å². The van der Waals surface area contributed by atoms with E-state index in [1.807, 2.05) is 36.4 Å². The Morgan fingerprint density at radius 1 is 1.05 bits per heavy atom. The zero-order valence-electron chi connectivity index (χ0n) is 11.3. The molecule has 104 valence electrons. The number of carbonyl (C=O) groups excluding carboxylic acids is 1. The minimum absolute atomic E-state index is 0.353. The molecule has 3 rings (SSSR count). The number of pyridine rings is 1. The standard InChI is InChI=1S/C17H12ClNO2/c1-11(20)21-16-8-3-2-5-12(16)13-6-4-7-14-15(18)9-10-19-17(13)14/h2-10H,1H3. The number of hydrogen-bond donors (Lipinski definition) is 0. The van der Waals surface area contributed by atoms with E-state index in [0.717, 1.165) is 22.0 Å². The molecule has 1 aromatic heterocycles. The van der Waals surface area contributed by atoms with Crippen LogP contribution in [0.25, 0.3) is 22.0 Å². The third kappa shape index (κ3) is 2.60. The van der Waals surface area contributed by atoms with Gasteiger partial charge in [0.2, 0.25) is 0 Å². The number of carbonyl (C=O) groups is 1. The minimum Gasteiger partial charge on any atom is -0.426 e. The number of benzene rings is 2. The molecular formula is C17H12ClNO2. The summed E-state index contributed by atoms with van der Waals surface area (Å²) >= 11 is 6.22. The minimum atomic E-state index is -0.353. The topological polar surface area (TPSA) is 39.2 Å². The molecule has 0 aliphatic rings. The molecule has 0 saturated carbocycles. The lowest BCUT2D eigenvalue weighted by Gasteiger charge is -2.11. The van der Waals surface area contributed by atoms with Gasteiger partial charge in [0.05, 0.1) is 10.5 Å². The number of para-hydroxylation sites is 2. The van der Waals surface area contributed by atoms with E-state index in [2.05, 4.69) is 4.98 Å². The molecule has 0 aliphatic carbocycles. The van der Waals surface area contributed by atoms with Crippen molar-refractivity contribution in [1.82, 2.24) is 4.98 Å². The molecule has 0 unspecified atom stereocenters. The van der Waals surface area contributed by atoms with Crippen LogP contribution in [0.1, 0.15) is 6.92 Å². The first-order valence-electron chi connectivity index (χ1n) is 6.48. The largest absolute Gasteiger partial charge is 0.426 e. The maximum absolute atomic E-state index is 11.3. The van der Waals surface area contributed by atoms with E-state index in [-0.39, 0.29) is 5.97 Å². The van der Waals surface area contributed by atoms with Crippen LogP contribution in [-0.2, 0) is 4.79 Å². The van der Waals surface area contributed by atoms with Gasteiger partial charge in [0.1, 0.15) is 5.75 Å². The molecule has 1 heterocycles. The zero-order valence-corrected chi connectivity index (χ0v) is 12.1. The molecule has 0 radical (unpaired) electrons. The van der Waals surface area contributed by atoms with Crippen LogP contribution >= 0.6 is 11.6 Å². The Morgan fingerprint density at radius 3 is 2.62 bits per heavy atom. The highest BCUT2D eigenvalue weighted by Gasteiger charge is 2.12. The zero-order chi connectivity index (χ0) is 14.8. The normalized spacial score (nSPS) is 10.6. The maximum atomic E-state index is 11.3. The summed E-state index contributed by atoms with van der Waals surface area (Å²) in [5.74, 6) is 0.160. The number of hydrogen-bond acceptors (Lipinski definition) is 3. The summed E-state index contributed by atoms with van der Waals surface area (Å²) in [7, 11) is 0. The number of halogens is 1. The van der Waals surface area contributed by atoms with E-state index in [1.54, 1.807) is 18.3 Å². The van der Waals surface area contributed by atoms with Crippen molar-refractivity contribution in [2.45, 2.75) is 6.92 Å². The van der Waals surface area contributed by atoms with Gasteiger partial charge < -0.3 is 4.74 Å². The van der Waals surface area contributed by atoms with Crippen LogP contribution in [0.2, 0.25) is 5.02 Å². The predicted molar refractivity (Wildman–Crippen MR) is 83.5 cm³/mol. The van der Waals surface area contributed by atoms with Gasteiger partial charge in [-0.2, -0.15) is 0 Å². The number of rotatable bonds is 2. The first-order chi connectivity index (χ1) is 10.2. The Hall–Kier alpha value is -2.39. The van der Waals surface area contributed by atoms with Crippen molar-refractivity contribution in [1.29, 1.82) is 0 Å². The quantitative estimate of drug-likeness (QED) is 0.517. The van der Waals surface area contributed by atoms with Gasteiger partial charge in [-0.05, 0) is 12.1 Å². The molecule has 21 heavy (non-hydrogen) atoms. The highest BCUT2D eigenvalue weighted by molar-refractivity contribution is 6.35. The molecule has 0 fully saturated rings. The van der Waals surface area contributed by atoms with E-state index < -0.39 is 0 Å². The van der Waals surface area contributed by atoms with Gasteiger partial charge in [0, 0.05) is 29.6 Å². The van der Waals surface area contributed by atoms with Crippen LogP contribution in [0.4, 0.5) is 0 Å². The van der Waals surface area contributed by atoms with Crippen LogP contribution in [0.3, 0.4) is 0 Å². The lowest BCUT2D eigenvalue weighted by atomic mass is 10.0. The van der Waals surface area contributed by atoms with E-state index >= 15 is 0 Å². The Morgan fingerprint density at radius 2 is 1.81 bits per heavy atom. The molecule has 0 amide bonds. The van der Waals surface area contributed by atoms with Gasteiger partial charge in [-0.25, -0.2) is 0 Å². The van der Waals surface area contributed by atoms with E-state index in [4.69, 9.17) is 16.3 Å². The van der Waals surface area contributed by atoms with Gasteiger partial charge in [0.25, 0.3) is 0 Å². The van der Waals surface area contributed by atoms with Crippen molar-refractivity contribution in [2.24, 2.45) is 0 Å². The van der Waals surface area contributed by atoms with Crippen LogP contribution < -0.4 is 4.74 Å². The second kappa shape index (κ2) is 5.54. The molecule has 2 aromatic carbocycles. The van der Waals surface area contributed by atoms with E-state index in [1.165, 1.54) is 6.92 Å². The highest BCUT2D eigenvalue weighted by atomic mass is 35.5. The first-order valence-corrected chi connectivity index (χ1v) is 6.85. The molecule has 0 aliphatic heterocycles. The third-order valence-corrected chi connectivity index (χ3v) is 3.48. The second-order valence-corrected chi connectivity index (χ2v) is 4.99. The van der Waals surface area contributed by atoms with Crippen LogP contribution in [0, 0.1) is 0 Å². The van der Waals surface area contributed by atoms with Gasteiger partial charge in [-0.15, -0.1) is 0 Å². The molecular weight excluding hydrogens is 286 g/mol. The number of aromatic nitrogens is 1. The Kier molecular flexibility index (Phi) is 3.59. The molecule has 3 nitrogen and oxygen atoms in total. The number of esters is 1. The average Bonchev–Trinajstić information content (AvgIpc) is 2.47. The lowest BCUT2D eigenvalue weighted by molar-refractivity contribution is -0.131. The van der Waals surface area contributed by atoms with E-state index in [0.29, 0.717) is 10.8 Å². The summed E-state index contributed by atoms with van der Waals surface area (Å²) in [6.45, 7) is 1.38. The van der Waals surface area contributed by atoms with Crippen molar-refractivity contribution < 1.29 is 9.53 Å². The fourth-order valence-electron chi connectivity index (χ4n) is 2.29. The Bertz CT molecular complexity index is 830. The molecule has 3 aromatic rings. The summed E-state index contributed by atoms with van der Waals surface area (Å²) < 4.78 is 5.28. The Balaban J connectivity index is 2.26. The summed E-state index contributed by atoms with van der Waals surface area (Å²) in [6, 6.07) is 14.9. The fraction of sp³-hybridized carbons (Fsp3) is 0.0588. The van der Waals surface area contributed by atoms with Crippen LogP contribution in [-0.4, -0.2) is 11.0 Å². The molecule has 0 N–H and O–H groups in total. The van der Waals surface area contributed by atoms with Gasteiger partial charge in [-0.3, -0.25) is 9.78 Å². The maximum Gasteiger partial charge on any atom is 0.308 e. The molecule has 0 spiro atoms. The predicted octanol–water partition coefficient (Wildman–Crippen LogP) is 4.48. The molecule has 0 saturated heterocycles. The SMILES string of the molecule is CC(=O)Oc1ccccc1-c1cccc2c(Cl)ccnc12. The summed E-state index contributed by atoms with van der Waals surface area (Å²) in [5, 5.41) is 1.51. The summed E-state index contributed by atoms with van der Waals surface area (Å²) in [5.41, 5.74) is 2.48. The van der Waals surface area contributed by atoms with E-state index in [9.17, 15) is 4.79 Å². The highest BCUT2D eigenvalue weighted by Crippen LogP contribution is 2.35. The summed E-state index contributed by atoms with van der Waals surface area (Å²) in [4.78, 5) is 15.7. The number of ether oxygens (including phenoxy) is 1. The fourth-order valence-corrected chi connectivity index (χ4v) is 2.50. The van der Waals surface area contributed by atoms with Crippen LogP contribution in [0.5, 0.6) is 5.75 Å². The third-order valence-electron chi connectivity index (χ3n) is 3.15. The Labute approximate surface area is 127 Å². The number of nitrogens with zero attached hydrogens (tertiary/aromatic N) is 1. The van der Waals surface area contributed by atoms with Crippen molar-refractivity contribution in [3.63, 3.8) is 0 Å². The van der Waals surface area contributed by atoms with Crippen molar-refractivity contribution in [3.05, 3.63) is 59.8 Å². The lowest BCUT2D eigenvalue weighted by Crippen LogP contribution is -2.02. The molecule has 0 bridgehead atoms. The molecule has 0 atom stereocenters. The monoisotopic (exact) mass is 297 g/mol. The first kappa shape index (κ1) is 13.6. The number of fused-ring (bicyclic) bond motifs is 1. The second-order valence-electron chi connectivity index (χ2n) is 4.58. The molecule has 4 heteroatoms. The average molecular weight is 298 g/mol. The van der Waals surface area contributed by atoms with Crippen molar-refractivity contribution in [2.75, 3.05) is 0 Å². The smallest absolute Gasteiger partial charge is 0.308 e.